The summed E-state index contributed by atoms with van der Waals surface area (Å²) in [6.45, 7) is 0. The highest BCUT2D eigenvalue weighted by Crippen LogP contribution is 2.51. The predicted octanol–water partition coefficient (Wildman–Crippen LogP) is 1.49. The van der Waals surface area contributed by atoms with E-state index in [-0.39, 0.29) is 29.2 Å². The Morgan fingerprint density at radius 2 is 1.83 bits per heavy atom. The Bertz CT molecular complexity index is 739. The number of Topliss-reactive ketones (excluding diaryl/α,β-unsaturated/α-hetero) is 1. The molecule has 0 radical (unpaired) electrons. The molecular weight excluding hydrogens is 302 g/mol. The van der Waals surface area contributed by atoms with Crippen LogP contribution in [0.2, 0.25) is 0 Å². The fourth-order valence-corrected chi connectivity index (χ4v) is 2.95. The van der Waals surface area contributed by atoms with E-state index >= 15 is 0 Å². The largest absolute Gasteiger partial charge is 0.501 e. The third-order valence-electron chi connectivity index (χ3n) is 4.23. The van der Waals surface area contributed by atoms with E-state index in [1.54, 1.807) is 0 Å². The number of hydrogen-bond acceptors (Lipinski definition) is 7. The van der Waals surface area contributed by atoms with Gasteiger partial charge in [-0.3, -0.25) is 9.59 Å². The summed E-state index contributed by atoms with van der Waals surface area (Å²) < 4.78 is 21.3. The van der Waals surface area contributed by atoms with Crippen LogP contribution in [0, 0.1) is 0 Å². The summed E-state index contributed by atoms with van der Waals surface area (Å²) in [5.74, 6) is 0.334. The quantitative estimate of drug-likeness (QED) is 0.666. The molecule has 1 atom stereocenters. The second-order valence-corrected chi connectivity index (χ2v) is 5.34. The smallest absolute Gasteiger partial charge is 0.234 e. The molecule has 0 saturated heterocycles. The third kappa shape index (κ3) is 1.96. The van der Waals surface area contributed by atoms with Crippen molar-refractivity contribution in [1.82, 2.24) is 0 Å². The molecule has 0 aromatic heterocycles. The first-order valence-corrected chi connectivity index (χ1v) is 7.05. The molecule has 0 amide bonds. The van der Waals surface area contributed by atoms with Crippen LogP contribution in [0.25, 0.3) is 0 Å². The van der Waals surface area contributed by atoms with Gasteiger partial charge in [0.05, 0.1) is 27.1 Å². The summed E-state index contributed by atoms with van der Waals surface area (Å²) >= 11 is 0. The summed E-state index contributed by atoms with van der Waals surface area (Å²) in [5.41, 5.74) is 4.76. The van der Waals surface area contributed by atoms with E-state index in [0.29, 0.717) is 17.9 Å². The van der Waals surface area contributed by atoms with Crippen LogP contribution < -0.4 is 19.9 Å². The second kappa shape index (κ2) is 5.19. The van der Waals surface area contributed by atoms with E-state index in [1.165, 1.54) is 33.5 Å². The molecule has 0 bridgehead atoms. The fraction of sp³-hybridized carbons (Fsp3) is 0.375. The minimum atomic E-state index is -1.60. The second-order valence-electron chi connectivity index (χ2n) is 5.34. The van der Waals surface area contributed by atoms with Crippen molar-refractivity contribution < 1.29 is 28.5 Å². The molecule has 7 heteroatoms. The van der Waals surface area contributed by atoms with Gasteiger partial charge in [-0.2, -0.15) is 0 Å². The highest BCUT2D eigenvalue weighted by Gasteiger charge is 2.56. The summed E-state index contributed by atoms with van der Waals surface area (Å²) in [7, 11) is 4.35. The van der Waals surface area contributed by atoms with Gasteiger partial charge in [-0.1, -0.05) is 0 Å². The minimum absolute atomic E-state index is 0.133. The molecule has 122 valence electrons. The number of nitrogens with two attached hydrogens (primary N) is 1. The summed E-state index contributed by atoms with van der Waals surface area (Å²) in [4.78, 5) is 25.4. The zero-order valence-electron chi connectivity index (χ0n) is 13.1. The Morgan fingerprint density at radius 3 is 2.39 bits per heavy atom. The lowest BCUT2D eigenvalue weighted by atomic mass is 9.82. The van der Waals surface area contributed by atoms with Gasteiger partial charge in [-0.15, -0.1) is 0 Å². The maximum absolute atomic E-state index is 12.9. The molecule has 1 spiro atoms. The van der Waals surface area contributed by atoms with Crippen LogP contribution in [0.1, 0.15) is 23.2 Å². The minimum Gasteiger partial charge on any atom is -0.501 e. The first-order chi connectivity index (χ1) is 11.0. The topological polar surface area (TPSA) is 97.1 Å². The van der Waals surface area contributed by atoms with E-state index in [9.17, 15) is 9.59 Å². The molecule has 1 aliphatic carbocycles. The molecule has 0 saturated carbocycles. The van der Waals surface area contributed by atoms with E-state index in [4.69, 9.17) is 24.7 Å². The van der Waals surface area contributed by atoms with Gasteiger partial charge in [0.15, 0.2) is 5.75 Å². The number of fused-ring (bicyclic) bond motifs is 1. The Hall–Kier alpha value is -2.70. The highest BCUT2D eigenvalue weighted by atomic mass is 16.5. The number of ether oxygens (including phenoxy) is 4. The van der Waals surface area contributed by atoms with Crippen LogP contribution in [0.15, 0.2) is 17.9 Å². The van der Waals surface area contributed by atoms with Crippen LogP contribution in [0.5, 0.6) is 17.2 Å². The number of methoxy groups -OCH3 is 3. The molecule has 1 unspecified atom stereocenters. The number of hydrogen-bond donors (Lipinski definition) is 1. The zero-order valence-corrected chi connectivity index (χ0v) is 13.1. The molecule has 1 heterocycles. The van der Waals surface area contributed by atoms with Gasteiger partial charge < -0.3 is 24.7 Å². The lowest BCUT2D eigenvalue weighted by molar-refractivity contribution is -0.126. The number of ketones is 2. The maximum Gasteiger partial charge on any atom is 0.234 e. The number of anilines is 1. The molecule has 2 N–H and O–H groups in total. The fourth-order valence-electron chi connectivity index (χ4n) is 2.95. The van der Waals surface area contributed by atoms with Gasteiger partial charge in [0, 0.05) is 25.0 Å². The van der Waals surface area contributed by atoms with E-state index < -0.39 is 17.2 Å². The van der Waals surface area contributed by atoms with E-state index in [1.807, 2.05) is 0 Å². The average molecular weight is 319 g/mol. The number of rotatable bonds is 3. The standard InChI is InChI=1S/C16H17NO6/c1-20-8-4-5-16(11(18)6-8)15(19)12-9(21-2)7-10(22-3)13(17)14(12)23-16/h6-7H,4-5,17H2,1-3H3. The number of nitrogen functional groups attached to an aromatic ring is 1. The first-order valence-electron chi connectivity index (χ1n) is 7.05. The number of carbonyl (C=O) groups is 2. The monoisotopic (exact) mass is 319 g/mol. The lowest BCUT2D eigenvalue weighted by Gasteiger charge is -2.28. The maximum atomic E-state index is 12.9. The average Bonchev–Trinajstić information content (AvgIpc) is 2.86. The number of allylic oxidation sites excluding steroid dienone is 1. The molecule has 0 fully saturated rings. The lowest BCUT2D eigenvalue weighted by Crippen LogP contribution is -2.49. The van der Waals surface area contributed by atoms with Gasteiger partial charge in [0.2, 0.25) is 17.2 Å². The SMILES string of the molecule is COC1=CC(=O)C2(CC1)Oc1c(N)c(OC)cc(OC)c1C2=O. The number of carbonyl (C=O) groups excluding carboxylic acids is 2. The van der Waals surface area contributed by atoms with Crippen LogP contribution in [0.4, 0.5) is 5.69 Å². The molecule has 1 aliphatic heterocycles. The van der Waals surface area contributed by atoms with Crippen molar-refractivity contribution in [2.24, 2.45) is 0 Å². The zero-order chi connectivity index (χ0) is 16.8. The summed E-state index contributed by atoms with van der Waals surface area (Å²) in [6.07, 6.45) is 1.90. The normalized spacial score (nSPS) is 22.5. The Labute approximate surface area is 132 Å². The van der Waals surface area contributed by atoms with E-state index in [0.717, 1.165) is 0 Å². The van der Waals surface area contributed by atoms with Crippen LogP contribution in [-0.2, 0) is 9.53 Å². The van der Waals surface area contributed by atoms with Gasteiger partial charge in [0.25, 0.3) is 0 Å². The molecule has 7 nitrogen and oxygen atoms in total. The molecule has 23 heavy (non-hydrogen) atoms. The van der Waals surface area contributed by atoms with Crippen molar-refractivity contribution in [2.45, 2.75) is 18.4 Å². The molecule has 1 aromatic carbocycles. The predicted molar refractivity (Wildman–Crippen MR) is 81.0 cm³/mol. The molecular formula is C16H17NO6. The van der Waals surface area contributed by atoms with Crippen molar-refractivity contribution in [2.75, 3.05) is 27.1 Å². The van der Waals surface area contributed by atoms with Crippen molar-refractivity contribution in [3.63, 3.8) is 0 Å². The Morgan fingerprint density at radius 1 is 1.13 bits per heavy atom. The van der Waals surface area contributed by atoms with Crippen LogP contribution in [0.3, 0.4) is 0 Å². The Kier molecular flexibility index (Phi) is 3.43. The highest BCUT2D eigenvalue weighted by molar-refractivity contribution is 6.26. The third-order valence-corrected chi connectivity index (χ3v) is 4.23. The molecule has 1 aromatic rings. The number of benzene rings is 1. The van der Waals surface area contributed by atoms with Crippen molar-refractivity contribution in [3.8, 4) is 17.2 Å². The van der Waals surface area contributed by atoms with Crippen molar-refractivity contribution in [3.05, 3.63) is 23.5 Å². The van der Waals surface area contributed by atoms with Gasteiger partial charge in [0.1, 0.15) is 22.7 Å². The molecule has 3 rings (SSSR count). The summed E-state index contributed by atoms with van der Waals surface area (Å²) in [5, 5.41) is 0. The van der Waals surface area contributed by atoms with Crippen LogP contribution >= 0.6 is 0 Å². The molecule has 2 aliphatic rings. The van der Waals surface area contributed by atoms with Gasteiger partial charge in [-0.05, 0) is 0 Å². The van der Waals surface area contributed by atoms with Gasteiger partial charge in [-0.25, -0.2) is 0 Å². The van der Waals surface area contributed by atoms with E-state index in [2.05, 4.69) is 0 Å². The summed E-state index contributed by atoms with van der Waals surface area (Å²) in [6, 6.07) is 1.51. The van der Waals surface area contributed by atoms with Crippen molar-refractivity contribution >= 4 is 17.3 Å². The Balaban J connectivity index is 2.15. The van der Waals surface area contributed by atoms with Crippen LogP contribution in [-0.4, -0.2) is 38.5 Å². The van der Waals surface area contributed by atoms with Gasteiger partial charge >= 0.3 is 0 Å². The first kappa shape index (κ1) is 15.2. The van der Waals surface area contributed by atoms with Crippen molar-refractivity contribution in [1.29, 1.82) is 0 Å².